The summed E-state index contributed by atoms with van der Waals surface area (Å²) in [4.78, 5) is 24.2. The summed E-state index contributed by atoms with van der Waals surface area (Å²) in [5, 5.41) is 0. The molecule has 2 aliphatic heterocycles. The third-order valence-electron chi connectivity index (χ3n) is 4.23. The molecule has 108 valence electrons. The van der Waals surface area contributed by atoms with Crippen molar-refractivity contribution in [1.29, 1.82) is 0 Å². The van der Waals surface area contributed by atoms with Gasteiger partial charge in [0.2, 0.25) is 0 Å². The molecule has 0 radical (unpaired) electrons. The first-order chi connectivity index (χ1) is 9.54. The number of anilines is 1. The molecule has 0 spiro atoms. The number of nitrogens with two attached hydrogens (primary N) is 2. The van der Waals surface area contributed by atoms with Gasteiger partial charge in [-0.2, -0.15) is 0 Å². The van der Waals surface area contributed by atoms with E-state index >= 15 is 0 Å². The highest BCUT2D eigenvalue weighted by Gasteiger charge is 2.28. The lowest BCUT2D eigenvalue weighted by Gasteiger charge is -2.28. The van der Waals surface area contributed by atoms with Gasteiger partial charge in [-0.1, -0.05) is 0 Å². The van der Waals surface area contributed by atoms with E-state index in [-0.39, 0.29) is 0 Å². The maximum Gasteiger partial charge on any atom is 0.315 e. The second-order valence-corrected chi connectivity index (χ2v) is 5.66. The standard InChI is InChI=1S/C13H20N6O/c1-18-4-2-8(3-5-18)12-16-10-7-19(13(15)20)6-9(10)11(14)17-12/h8H,2-7H2,1H3,(H2,15,20)(H2,14,16,17). The molecular weight excluding hydrogens is 256 g/mol. The monoisotopic (exact) mass is 276 g/mol. The molecule has 0 aromatic carbocycles. The minimum atomic E-state index is -0.441. The van der Waals surface area contributed by atoms with Crippen molar-refractivity contribution in [2.75, 3.05) is 25.9 Å². The van der Waals surface area contributed by atoms with Crippen LogP contribution in [0.1, 0.15) is 35.8 Å². The summed E-state index contributed by atoms with van der Waals surface area (Å²) in [5.74, 6) is 1.68. The van der Waals surface area contributed by atoms with Crippen LogP contribution in [0, 0.1) is 0 Å². The van der Waals surface area contributed by atoms with E-state index in [0.29, 0.717) is 24.8 Å². The zero-order chi connectivity index (χ0) is 14.3. The van der Waals surface area contributed by atoms with Gasteiger partial charge in [-0.25, -0.2) is 14.8 Å². The molecule has 0 bridgehead atoms. The number of urea groups is 1. The zero-order valence-electron chi connectivity index (χ0n) is 11.7. The van der Waals surface area contributed by atoms with Crippen molar-refractivity contribution in [3.63, 3.8) is 0 Å². The van der Waals surface area contributed by atoms with Crippen molar-refractivity contribution in [1.82, 2.24) is 19.8 Å². The molecule has 1 aromatic heterocycles. The number of amides is 2. The summed E-state index contributed by atoms with van der Waals surface area (Å²) in [7, 11) is 2.12. The van der Waals surface area contributed by atoms with Crippen LogP contribution in [0.25, 0.3) is 0 Å². The highest BCUT2D eigenvalue weighted by Crippen LogP contribution is 2.30. The predicted octanol–water partition coefficient (Wildman–Crippen LogP) is 0.262. The SMILES string of the molecule is CN1CCC(c2nc(N)c3c(n2)CN(C(N)=O)C3)CC1. The predicted molar refractivity (Wildman–Crippen MR) is 74.7 cm³/mol. The summed E-state index contributed by atoms with van der Waals surface area (Å²) < 4.78 is 0. The Kier molecular flexibility index (Phi) is 3.21. The van der Waals surface area contributed by atoms with E-state index in [4.69, 9.17) is 11.5 Å². The third kappa shape index (κ3) is 2.29. The summed E-state index contributed by atoms with van der Waals surface area (Å²) in [6.45, 7) is 2.97. The van der Waals surface area contributed by atoms with Gasteiger partial charge in [-0.15, -0.1) is 0 Å². The van der Waals surface area contributed by atoms with Gasteiger partial charge < -0.3 is 21.3 Å². The van der Waals surface area contributed by atoms with Gasteiger partial charge in [0.05, 0.1) is 18.8 Å². The lowest BCUT2D eigenvalue weighted by molar-refractivity contribution is 0.208. The van der Waals surface area contributed by atoms with Crippen molar-refractivity contribution < 1.29 is 4.79 Å². The normalized spacial score (nSPS) is 20.1. The van der Waals surface area contributed by atoms with Crippen LogP contribution in [0.5, 0.6) is 0 Å². The fraction of sp³-hybridized carbons (Fsp3) is 0.615. The number of likely N-dealkylation sites (tertiary alicyclic amines) is 1. The molecule has 7 heteroatoms. The Morgan fingerprint density at radius 1 is 1.25 bits per heavy atom. The van der Waals surface area contributed by atoms with Gasteiger partial charge in [0.15, 0.2) is 0 Å². The summed E-state index contributed by atoms with van der Waals surface area (Å²) in [6.07, 6.45) is 2.10. The number of fused-ring (bicyclic) bond motifs is 1. The number of carbonyl (C=O) groups is 1. The van der Waals surface area contributed by atoms with Crippen LogP contribution < -0.4 is 11.5 Å². The van der Waals surface area contributed by atoms with Crippen LogP contribution in [0.2, 0.25) is 0 Å². The molecule has 7 nitrogen and oxygen atoms in total. The van der Waals surface area contributed by atoms with E-state index in [1.807, 2.05) is 0 Å². The Labute approximate surface area is 118 Å². The Bertz CT molecular complexity index is 538. The Balaban J connectivity index is 1.84. The van der Waals surface area contributed by atoms with Gasteiger partial charge in [0.25, 0.3) is 0 Å². The number of nitrogen functional groups attached to an aromatic ring is 1. The van der Waals surface area contributed by atoms with Crippen LogP contribution in [0.4, 0.5) is 10.6 Å². The van der Waals surface area contributed by atoms with E-state index in [2.05, 4.69) is 21.9 Å². The van der Waals surface area contributed by atoms with Gasteiger partial charge >= 0.3 is 6.03 Å². The smallest absolute Gasteiger partial charge is 0.315 e. The average molecular weight is 276 g/mol. The maximum atomic E-state index is 11.3. The van der Waals surface area contributed by atoms with Crippen LogP contribution in [-0.2, 0) is 13.1 Å². The lowest BCUT2D eigenvalue weighted by atomic mass is 9.96. The number of carbonyl (C=O) groups excluding carboxylic acids is 1. The van der Waals surface area contributed by atoms with Gasteiger partial charge in [-0.05, 0) is 33.0 Å². The molecule has 0 atom stereocenters. The summed E-state index contributed by atoms with van der Waals surface area (Å²) in [6, 6.07) is -0.441. The highest BCUT2D eigenvalue weighted by molar-refractivity contribution is 5.73. The number of hydrogen-bond acceptors (Lipinski definition) is 5. The molecule has 1 saturated heterocycles. The lowest BCUT2D eigenvalue weighted by Crippen LogP contribution is -2.30. The largest absolute Gasteiger partial charge is 0.383 e. The van der Waals surface area contributed by atoms with E-state index in [1.165, 1.54) is 4.90 Å². The number of rotatable bonds is 1. The van der Waals surface area contributed by atoms with Crippen molar-refractivity contribution in [3.8, 4) is 0 Å². The molecule has 0 aliphatic carbocycles. The van der Waals surface area contributed by atoms with Crippen LogP contribution in [0.3, 0.4) is 0 Å². The van der Waals surface area contributed by atoms with E-state index in [9.17, 15) is 4.79 Å². The van der Waals surface area contributed by atoms with Gasteiger partial charge in [0, 0.05) is 11.5 Å². The van der Waals surface area contributed by atoms with Crippen LogP contribution in [0.15, 0.2) is 0 Å². The minimum Gasteiger partial charge on any atom is -0.383 e. The second kappa shape index (κ2) is 4.90. The first-order valence-corrected chi connectivity index (χ1v) is 6.92. The molecule has 1 fully saturated rings. The third-order valence-corrected chi connectivity index (χ3v) is 4.23. The van der Waals surface area contributed by atoms with E-state index < -0.39 is 6.03 Å². The fourth-order valence-electron chi connectivity index (χ4n) is 2.91. The first kappa shape index (κ1) is 13.1. The minimum absolute atomic E-state index is 0.362. The molecule has 20 heavy (non-hydrogen) atoms. The quantitative estimate of drug-likeness (QED) is 0.766. The zero-order valence-corrected chi connectivity index (χ0v) is 11.7. The van der Waals surface area contributed by atoms with Crippen molar-refractivity contribution in [3.05, 3.63) is 17.1 Å². The topological polar surface area (TPSA) is 101 Å². The van der Waals surface area contributed by atoms with Crippen molar-refractivity contribution in [2.24, 2.45) is 5.73 Å². The first-order valence-electron chi connectivity index (χ1n) is 6.92. The molecular formula is C13H20N6O. The van der Waals surface area contributed by atoms with Gasteiger partial charge in [0.1, 0.15) is 11.6 Å². The second-order valence-electron chi connectivity index (χ2n) is 5.66. The molecule has 3 rings (SSSR count). The molecule has 1 aromatic rings. The number of piperidine rings is 1. The van der Waals surface area contributed by atoms with Crippen LogP contribution in [-0.4, -0.2) is 45.9 Å². The summed E-state index contributed by atoms with van der Waals surface area (Å²) >= 11 is 0. The molecule has 0 unspecified atom stereocenters. The molecule has 0 saturated carbocycles. The average Bonchev–Trinajstić information content (AvgIpc) is 2.84. The number of nitrogens with zero attached hydrogens (tertiary/aromatic N) is 4. The maximum absolute atomic E-state index is 11.3. The van der Waals surface area contributed by atoms with E-state index in [0.717, 1.165) is 43.0 Å². The Morgan fingerprint density at radius 3 is 2.60 bits per heavy atom. The van der Waals surface area contributed by atoms with Crippen molar-refractivity contribution in [2.45, 2.75) is 31.8 Å². The van der Waals surface area contributed by atoms with Gasteiger partial charge in [-0.3, -0.25) is 0 Å². The van der Waals surface area contributed by atoms with Crippen molar-refractivity contribution >= 4 is 11.8 Å². The van der Waals surface area contributed by atoms with Crippen LogP contribution >= 0.6 is 0 Å². The highest BCUT2D eigenvalue weighted by atomic mass is 16.2. The molecule has 3 heterocycles. The molecule has 2 amide bonds. The number of primary amides is 1. The Morgan fingerprint density at radius 2 is 1.95 bits per heavy atom. The van der Waals surface area contributed by atoms with E-state index in [1.54, 1.807) is 0 Å². The number of hydrogen-bond donors (Lipinski definition) is 2. The fourth-order valence-corrected chi connectivity index (χ4v) is 2.91. The molecule has 2 aliphatic rings. The Hall–Kier alpha value is -1.89. The summed E-state index contributed by atoms with van der Waals surface area (Å²) in [5.41, 5.74) is 13.0. The molecule has 4 N–H and O–H groups in total. The number of aromatic nitrogens is 2.